The molecule has 1 amide bonds. The Bertz CT molecular complexity index is 723. The summed E-state index contributed by atoms with van der Waals surface area (Å²) in [7, 11) is -3.49. The van der Waals surface area contributed by atoms with E-state index in [1.54, 1.807) is 6.20 Å². The summed E-state index contributed by atoms with van der Waals surface area (Å²) in [6.07, 6.45) is 1.84. The summed E-state index contributed by atoms with van der Waals surface area (Å²) in [4.78, 5) is 16.1. The molecule has 3 N–H and O–H groups in total. The van der Waals surface area contributed by atoms with Gasteiger partial charge in [0.1, 0.15) is 5.69 Å². The number of nitrogens with zero attached hydrogens (tertiary/aromatic N) is 1. The first-order chi connectivity index (χ1) is 9.47. The molecule has 0 radical (unpaired) electrons. The molecule has 0 saturated heterocycles. The topological polar surface area (TPSA) is 102 Å². The predicted octanol–water partition coefficient (Wildman–Crippen LogP) is 0.643. The van der Waals surface area contributed by atoms with Gasteiger partial charge in [-0.25, -0.2) is 13.6 Å². The minimum Gasteiger partial charge on any atom is -0.351 e. The molecule has 0 aliphatic rings. The zero-order chi connectivity index (χ0) is 14.6. The molecule has 0 aliphatic heterocycles. The summed E-state index contributed by atoms with van der Waals surface area (Å²) in [6.45, 7) is 0.236. The van der Waals surface area contributed by atoms with E-state index in [4.69, 9.17) is 5.14 Å². The average molecular weight is 293 g/mol. The molecule has 0 spiro atoms. The summed E-state index contributed by atoms with van der Waals surface area (Å²) in [6, 6.07) is 9.27. The number of amides is 1. The molecular formula is C13H15N3O3S. The fourth-order valence-corrected chi connectivity index (χ4v) is 2.41. The van der Waals surface area contributed by atoms with Crippen LogP contribution in [0.15, 0.2) is 36.5 Å². The van der Waals surface area contributed by atoms with Gasteiger partial charge in [-0.1, -0.05) is 24.3 Å². The highest BCUT2D eigenvalue weighted by Gasteiger charge is 2.11. The van der Waals surface area contributed by atoms with Crippen molar-refractivity contribution < 1.29 is 13.2 Å². The number of hydrogen-bond acceptors (Lipinski definition) is 4. The van der Waals surface area contributed by atoms with Crippen molar-refractivity contribution in [3.05, 3.63) is 42.2 Å². The molecule has 20 heavy (non-hydrogen) atoms. The van der Waals surface area contributed by atoms with E-state index >= 15 is 0 Å². The van der Waals surface area contributed by atoms with E-state index in [0.717, 1.165) is 10.8 Å². The van der Waals surface area contributed by atoms with E-state index < -0.39 is 10.0 Å². The fourth-order valence-electron chi connectivity index (χ4n) is 1.86. The second-order valence-electron chi connectivity index (χ2n) is 4.36. The second-order valence-corrected chi connectivity index (χ2v) is 6.09. The Kier molecular flexibility index (Phi) is 4.31. The predicted molar refractivity (Wildman–Crippen MR) is 76.7 cm³/mol. The zero-order valence-electron chi connectivity index (χ0n) is 10.7. The molecule has 0 bridgehead atoms. The Labute approximate surface area is 117 Å². The van der Waals surface area contributed by atoms with Gasteiger partial charge in [0, 0.05) is 18.1 Å². The Morgan fingerprint density at radius 2 is 2.00 bits per heavy atom. The van der Waals surface area contributed by atoms with Crippen LogP contribution in [0.25, 0.3) is 10.8 Å². The lowest BCUT2D eigenvalue weighted by Crippen LogP contribution is -2.28. The van der Waals surface area contributed by atoms with Crippen LogP contribution in [0.3, 0.4) is 0 Å². The van der Waals surface area contributed by atoms with Gasteiger partial charge < -0.3 is 5.32 Å². The number of carbonyl (C=O) groups excluding carboxylic acids is 1. The lowest BCUT2D eigenvalue weighted by atomic mass is 10.1. The largest absolute Gasteiger partial charge is 0.351 e. The maximum absolute atomic E-state index is 12.0. The normalized spacial score (nSPS) is 11.4. The monoisotopic (exact) mass is 293 g/mol. The summed E-state index contributed by atoms with van der Waals surface area (Å²) in [5.41, 5.74) is 0.332. The Hall–Kier alpha value is -1.99. The van der Waals surface area contributed by atoms with E-state index in [1.807, 2.05) is 30.3 Å². The standard InChI is InChI=1S/C13H15N3O3S/c14-20(18,19)9-3-7-16-13(17)12-11-5-2-1-4-10(11)6-8-15-12/h1-2,4-6,8H,3,7,9H2,(H,16,17)(H2,14,18,19). The van der Waals surface area contributed by atoms with Crippen molar-refractivity contribution >= 4 is 26.7 Å². The minimum absolute atomic E-state index is 0.157. The first kappa shape index (κ1) is 14.4. The molecule has 2 rings (SSSR count). The number of pyridine rings is 1. The summed E-state index contributed by atoms with van der Waals surface area (Å²) < 4.78 is 21.5. The van der Waals surface area contributed by atoms with Gasteiger partial charge in [-0.2, -0.15) is 0 Å². The van der Waals surface area contributed by atoms with E-state index in [0.29, 0.717) is 5.69 Å². The molecule has 6 nitrogen and oxygen atoms in total. The van der Waals surface area contributed by atoms with Crippen LogP contribution in [0.2, 0.25) is 0 Å². The van der Waals surface area contributed by atoms with Gasteiger partial charge in [-0.3, -0.25) is 9.78 Å². The first-order valence-corrected chi connectivity index (χ1v) is 7.81. The van der Waals surface area contributed by atoms with Gasteiger partial charge in [0.15, 0.2) is 0 Å². The van der Waals surface area contributed by atoms with E-state index in [-0.39, 0.29) is 24.6 Å². The van der Waals surface area contributed by atoms with Crippen LogP contribution >= 0.6 is 0 Å². The number of rotatable bonds is 5. The molecule has 0 fully saturated rings. The van der Waals surface area contributed by atoms with Crippen LogP contribution in [-0.4, -0.2) is 31.6 Å². The van der Waals surface area contributed by atoms with Crippen LogP contribution in [0.1, 0.15) is 16.9 Å². The number of nitrogens with one attached hydrogen (secondary N) is 1. The van der Waals surface area contributed by atoms with Crippen LogP contribution < -0.4 is 10.5 Å². The Morgan fingerprint density at radius 3 is 2.75 bits per heavy atom. The van der Waals surface area contributed by atoms with Crippen LogP contribution in [0, 0.1) is 0 Å². The van der Waals surface area contributed by atoms with E-state index in [2.05, 4.69) is 10.3 Å². The third-order valence-corrected chi connectivity index (χ3v) is 3.64. The highest BCUT2D eigenvalue weighted by Crippen LogP contribution is 2.15. The van der Waals surface area contributed by atoms with Crippen molar-refractivity contribution in [3.63, 3.8) is 0 Å². The number of hydrogen-bond donors (Lipinski definition) is 2. The average Bonchev–Trinajstić information content (AvgIpc) is 2.41. The van der Waals surface area contributed by atoms with Crippen molar-refractivity contribution in [1.82, 2.24) is 10.3 Å². The van der Waals surface area contributed by atoms with E-state index in [9.17, 15) is 13.2 Å². The first-order valence-electron chi connectivity index (χ1n) is 6.10. The summed E-state index contributed by atoms with van der Waals surface area (Å²) in [5.74, 6) is -0.479. The van der Waals surface area contributed by atoms with Crippen molar-refractivity contribution in [2.45, 2.75) is 6.42 Å². The van der Waals surface area contributed by atoms with Crippen LogP contribution in [-0.2, 0) is 10.0 Å². The Morgan fingerprint density at radius 1 is 1.25 bits per heavy atom. The molecule has 106 valence electrons. The highest BCUT2D eigenvalue weighted by atomic mass is 32.2. The third kappa shape index (κ3) is 3.75. The molecule has 0 saturated carbocycles. The van der Waals surface area contributed by atoms with Crippen LogP contribution in [0.5, 0.6) is 0 Å². The summed E-state index contributed by atoms with van der Waals surface area (Å²) >= 11 is 0. The molecule has 1 heterocycles. The number of aromatic nitrogens is 1. The molecular weight excluding hydrogens is 278 g/mol. The number of fused-ring (bicyclic) bond motifs is 1. The molecule has 0 aliphatic carbocycles. The van der Waals surface area contributed by atoms with Gasteiger partial charge in [0.05, 0.1) is 5.75 Å². The maximum Gasteiger partial charge on any atom is 0.270 e. The molecule has 1 aromatic heterocycles. The lowest BCUT2D eigenvalue weighted by molar-refractivity contribution is 0.0950. The number of primary sulfonamides is 1. The number of carbonyl (C=O) groups is 1. The van der Waals surface area contributed by atoms with Crippen molar-refractivity contribution in [1.29, 1.82) is 0 Å². The number of nitrogens with two attached hydrogens (primary N) is 1. The molecule has 2 aromatic rings. The number of benzene rings is 1. The van der Waals surface area contributed by atoms with Crippen LogP contribution in [0.4, 0.5) is 0 Å². The molecule has 7 heteroatoms. The lowest BCUT2D eigenvalue weighted by Gasteiger charge is -2.06. The van der Waals surface area contributed by atoms with Crippen molar-refractivity contribution in [3.8, 4) is 0 Å². The molecule has 1 aromatic carbocycles. The highest BCUT2D eigenvalue weighted by molar-refractivity contribution is 7.89. The van der Waals surface area contributed by atoms with Gasteiger partial charge in [0.2, 0.25) is 10.0 Å². The van der Waals surface area contributed by atoms with Gasteiger partial charge in [-0.15, -0.1) is 0 Å². The van der Waals surface area contributed by atoms with Crippen molar-refractivity contribution in [2.75, 3.05) is 12.3 Å². The summed E-state index contributed by atoms with van der Waals surface area (Å²) in [5, 5.41) is 9.22. The second kappa shape index (κ2) is 5.98. The number of sulfonamides is 1. The zero-order valence-corrected chi connectivity index (χ0v) is 11.6. The minimum atomic E-state index is -3.49. The smallest absolute Gasteiger partial charge is 0.270 e. The third-order valence-electron chi connectivity index (χ3n) is 2.78. The molecule has 0 unspecified atom stereocenters. The molecule has 0 atom stereocenters. The Balaban J connectivity index is 2.05. The van der Waals surface area contributed by atoms with Gasteiger partial charge in [-0.05, 0) is 17.9 Å². The maximum atomic E-state index is 12.0. The van der Waals surface area contributed by atoms with E-state index in [1.165, 1.54) is 0 Å². The SMILES string of the molecule is NS(=O)(=O)CCCNC(=O)c1nccc2ccccc12. The fraction of sp³-hybridized carbons (Fsp3) is 0.231. The quantitative estimate of drug-likeness (QED) is 0.790. The van der Waals surface area contributed by atoms with Crippen molar-refractivity contribution in [2.24, 2.45) is 5.14 Å². The van der Waals surface area contributed by atoms with Gasteiger partial charge in [0.25, 0.3) is 5.91 Å². The van der Waals surface area contributed by atoms with Gasteiger partial charge >= 0.3 is 0 Å².